The van der Waals surface area contributed by atoms with Crippen LogP contribution >= 0.6 is 0 Å². The van der Waals surface area contributed by atoms with E-state index >= 15 is 0 Å². The van der Waals surface area contributed by atoms with Crippen molar-refractivity contribution in [1.29, 1.82) is 0 Å². The second kappa shape index (κ2) is 4.89. The molecule has 3 atom stereocenters. The summed E-state index contributed by atoms with van der Waals surface area (Å²) in [5, 5.41) is 0. The maximum atomic E-state index is 5.98. The molecule has 3 unspecified atom stereocenters. The van der Waals surface area contributed by atoms with Gasteiger partial charge in [-0.25, -0.2) is 0 Å². The number of nitrogens with two attached hydrogens (primary N) is 1. The number of rotatable bonds is 3. The molecule has 17 heavy (non-hydrogen) atoms. The highest BCUT2D eigenvalue weighted by Crippen LogP contribution is 2.43. The number of nitrogens with zero attached hydrogens (tertiary/aromatic N) is 1. The van der Waals surface area contributed by atoms with Crippen molar-refractivity contribution in [2.45, 2.75) is 65.0 Å². The molecule has 0 heterocycles. The molecule has 0 aromatic heterocycles. The molecule has 2 fully saturated rings. The molecule has 2 rings (SSSR count). The van der Waals surface area contributed by atoms with Crippen LogP contribution in [0.4, 0.5) is 0 Å². The van der Waals surface area contributed by atoms with Crippen molar-refractivity contribution >= 4 is 0 Å². The molecule has 0 aromatic carbocycles. The average molecular weight is 238 g/mol. The van der Waals surface area contributed by atoms with Gasteiger partial charge in [0.2, 0.25) is 0 Å². The zero-order valence-corrected chi connectivity index (χ0v) is 12.1. The summed E-state index contributed by atoms with van der Waals surface area (Å²) in [6.07, 6.45) is 6.88. The first-order chi connectivity index (χ1) is 7.93. The third kappa shape index (κ3) is 3.03. The van der Waals surface area contributed by atoms with Crippen molar-refractivity contribution in [2.75, 3.05) is 13.6 Å². The highest BCUT2D eigenvalue weighted by Gasteiger charge is 2.40. The largest absolute Gasteiger partial charge is 0.330 e. The van der Waals surface area contributed by atoms with Crippen LogP contribution < -0.4 is 5.73 Å². The lowest BCUT2D eigenvalue weighted by Gasteiger charge is -2.45. The third-order valence-corrected chi connectivity index (χ3v) is 5.13. The number of hydrogen-bond donors (Lipinski definition) is 1. The molecule has 2 aliphatic rings. The van der Waals surface area contributed by atoms with E-state index in [9.17, 15) is 0 Å². The van der Waals surface area contributed by atoms with Gasteiger partial charge in [0.25, 0.3) is 0 Å². The van der Waals surface area contributed by atoms with Gasteiger partial charge < -0.3 is 10.6 Å². The van der Waals surface area contributed by atoms with E-state index in [4.69, 9.17) is 5.73 Å². The molecule has 2 saturated carbocycles. The summed E-state index contributed by atoms with van der Waals surface area (Å²) in [5.41, 5.74) is 6.44. The Balaban J connectivity index is 2.03. The Morgan fingerprint density at radius 2 is 1.76 bits per heavy atom. The highest BCUT2D eigenvalue weighted by atomic mass is 15.2. The summed E-state index contributed by atoms with van der Waals surface area (Å²) in [6.45, 7) is 8.07. The summed E-state index contributed by atoms with van der Waals surface area (Å²) in [5.74, 6) is 1.61. The van der Waals surface area contributed by atoms with Crippen molar-refractivity contribution < 1.29 is 0 Å². The van der Waals surface area contributed by atoms with E-state index in [1.807, 2.05) is 0 Å². The van der Waals surface area contributed by atoms with Gasteiger partial charge in [0.05, 0.1) is 0 Å². The zero-order chi connectivity index (χ0) is 12.6. The molecular weight excluding hydrogens is 208 g/mol. The van der Waals surface area contributed by atoms with Gasteiger partial charge in [0.15, 0.2) is 0 Å². The van der Waals surface area contributed by atoms with Crippen LogP contribution in [0.1, 0.15) is 52.9 Å². The fraction of sp³-hybridized carbons (Fsp3) is 1.00. The lowest BCUT2D eigenvalue weighted by molar-refractivity contribution is 0.0553. The maximum absolute atomic E-state index is 5.98. The Labute approximate surface area is 107 Å². The Kier molecular flexibility index (Phi) is 3.84. The normalized spacial score (nSPS) is 35.3. The van der Waals surface area contributed by atoms with Crippen molar-refractivity contribution in [3.8, 4) is 0 Å². The van der Waals surface area contributed by atoms with E-state index < -0.39 is 0 Å². The maximum Gasteiger partial charge on any atom is 0.0138 e. The van der Waals surface area contributed by atoms with E-state index in [1.54, 1.807) is 0 Å². The van der Waals surface area contributed by atoms with Crippen LogP contribution in [0.2, 0.25) is 0 Å². The predicted molar refractivity (Wildman–Crippen MR) is 73.9 cm³/mol. The van der Waals surface area contributed by atoms with Crippen molar-refractivity contribution in [1.82, 2.24) is 4.90 Å². The molecule has 0 radical (unpaired) electrons. The lowest BCUT2D eigenvalue weighted by Crippen LogP contribution is -2.47. The molecule has 0 aromatic rings. The summed E-state index contributed by atoms with van der Waals surface area (Å²) in [7, 11) is 2.33. The molecule has 2 aliphatic carbocycles. The Morgan fingerprint density at radius 1 is 1.12 bits per heavy atom. The van der Waals surface area contributed by atoms with Crippen LogP contribution in [0.5, 0.6) is 0 Å². The molecule has 2 heteroatoms. The minimum Gasteiger partial charge on any atom is -0.330 e. The summed E-state index contributed by atoms with van der Waals surface area (Å²) < 4.78 is 0. The molecule has 0 bridgehead atoms. The Hall–Kier alpha value is -0.0800. The van der Waals surface area contributed by atoms with Crippen LogP contribution in [0.15, 0.2) is 0 Å². The standard InChI is InChI=1S/C15H30N2/c1-15(2,3)12-6-5-11(10-16)14(9-12)17(4)13-7-8-13/h11-14H,5-10,16H2,1-4H3. The molecule has 100 valence electrons. The van der Waals surface area contributed by atoms with Crippen molar-refractivity contribution in [3.05, 3.63) is 0 Å². The Morgan fingerprint density at radius 3 is 2.24 bits per heavy atom. The van der Waals surface area contributed by atoms with Gasteiger partial charge in [-0.15, -0.1) is 0 Å². The summed E-state index contributed by atoms with van der Waals surface area (Å²) in [4.78, 5) is 2.65. The SMILES string of the molecule is CN(C1CC1)C1CC(C(C)(C)C)CCC1CN. The lowest BCUT2D eigenvalue weighted by atomic mass is 9.67. The fourth-order valence-corrected chi connectivity index (χ4v) is 3.52. The quantitative estimate of drug-likeness (QED) is 0.819. The van der Waals surface area contributed by atoms with E-state index in [0.29, 0.717) is 5.41 Å². The van der Waals surface area contributed by atoms with Crippen LogP contribution in [-0.2, 0) is 0 Å². The third-order valence-electron chi connectivity index (χ3n) is 5.13. The molecule has 0 amide bonds. The highest BCUT2D eigenvalue weighted by molar-refractivity contribution is 4.95. The van der Waals surface area contributed by atoms with E-state index in [1.165, 1.54) is 32.1 Å². The molecule has 0 saturated heterocycles. The molecule has 2 nitrogen and oxygen atoms in total. The van der Waals surface area contributed by atoms with Crippen LogP contribution in [0.3, 0.4) is 0 Å². The van der Waals surface area contributed by atoms with E-state index in [0.717, 1.165) is 30.5 Å². The summed E-state index contributed by atoms with van der Waals surface area (Å²) in [6, 6.07) is 1.61. The number of hydrogen-bond acceptors (Lipinski definition) is 2. The smallest absolute Gasteiger partial charge is 0.0138 e. The molecule has 2 N–H and O–H groups in total. The van der Waals surface area contributed by atoms with Gasteiger partial charge in [-0.1, -0.05) is 20.8 Å². The van der Waals surface area contributed by atoms with Crippen molar-refractivity contribution in [3.63, 3.8) is 0 Å². The Bertz CT molecular complexity index is 250. The van der Waals surface area contributed by atoms with Crippen LogP contribution in [-0.4, -0.2) is 30.6 Å². The second-order valence-electron chi connectivity index (χ2n) is 7.34. The first kappa shape index (κ1) is 13.4. The minimum atomic E-state index is 0.461. The van der Waals surface area contributed by atoms with Gasteiger partial charge >= 0.3 is 0 Å². The monoisotopic (exact) mass is 238 g/mol. The zero-order valence-electron chi connectivity index (χ0n) is 12.1. The van der Waals surface area contributed by atoms with Crippen LogP contribution in [0.25, 0.3) is 0 Å². The first-order valence-electron chi connectivity index (χ1n) is 7.35. The van der Waals surface area contributed by atoms with Gasteiger partial charge in [0, 0.05) is 12.1 Å². The van der Waals surface area contributed by atoms with Crippen molar-refractivity contribution in [2.24, 2.45) is 23.0 Å². The van der Waals surface area contributed by atoms with Crippen LogP contribution in [0, 0.1) is 17.3 Å². The topological polar surface area (TPSA) is 29.3 Å². The van der Waals surface area contributed by atoms with Gasteiger partial charge in [-0.3, -0.25) is 0 Å². The first-order valence-corrected chi connectivity index (χ1v) is 7.35. The fourth-order valence-electron chi connectivity index (χ4n) is 3.52. The van der Waals surface area contributed by atoms with E-state index in [-0.39, 0.29) is 0 Å². The predicted octanol–water partition coefficient (Wildman–Crippen LogP) is 2.87. The van der Waals surface area contributed by atoms with Gasteiger partial charge in [0.1, 0.15) is 0 Å². The molecule has 0 aliphatic heterocycles. The molecule has 0 spiro atoms. The van der Waals surface area contributed by atoms with E-state index in [2.05, 4.69) is 32.7 Å². The van der Waals surface area contributed by atoms with Gasteiger partial charge in [-0.2, -0.15) is 0 Å². The second-order valence-corrected chi connectivity index (χ2v) is 7.34. The summed E-state index contributed by atoms with van der Waals surface area (Å²) >= 11 is 0. The minimum absolute atomic E-state index is 0.461. The average Bonchev–Trinajstić information content (AvgIpc) is 3.09. The van der Waals surface area contributed by atoms with Gasteiger partial charge in [-0.05, 0) is 62.9 Å². The molecular formula is C15H30N2.